The molecule has 0 fully saturated rings. The minimum absolute atomic E-state index is 0.0632. The van der Waals surface area contributed by atoms with Gasteiger partial charge in [-0.05, 0) is 6.92 Å². The van der Waals surface area contributed by atoms with Crippen LogP contribution in [0.25, 0.3) is 0 Å². The molecule has 0 atom stereocenters. The van der Waals surface area contributed by atoms with Gasteiger partial charge in [-0.2, -0.15) is 0 Å². The van der Waals surface area contributed by atoms with Gasteiger partial charge in [-0.1, -0.05) is 0 Å². The highest BCUT2D eigenvalue weighted by molar-refractivity contribution is 5.29. The van der Waals surface area contributed by atoms with Crippen LogP contribution in [-0.2, 0) is 22.6 Å². The van der Waals surface area contributed by atoms with Crippen molar-refractivity contribution in [3.63, 3.8) is 0 Å². The molecule has 0 amide bonds. The van der Waals surface area contributed by atoms with Gasteiger partial charge in [-0.15, -0.1) is 0 Å². The molecule has 0 aromatic carbocycles. The van der Waals surface area contributed by atoms with Crippen molar-refractivity contribution in [3.8, 4) is 5.75 Å². The van der Waals surface area contributed by atoms with Crippen LogP contribution in [0, 0.1) is 6.92 Å². The molecule has 126 valence electrons. The normalized spacial score (nSPS) is 11.3. The molecule has 0 saturated heterocycles. The summed E-state index contributed by atoms with van der Waals surface area (Å²) in [6.45, 7) is 4.83. The van der Waals surface area contributed by atoms with Gasteiger partial charge in [-0.25, -0.2) is 0 Å². The van der Waals surface area contributed by atoms with Crippen molar-refractivity contribution in [1.82, 2.24) is 9.47 Å². The first kappa shape index (κ1) is 18.6. The molecule has 7 heteroatoms. The van der Waals surface area contributed by atoms with Crippen molar-refractivity contribution < 1.29 is 19.7 Å². The molecule has 0 radical (unpaired) electrons. The summed E-state index contributed by atoms with van der Waals surface area (Å²) < 4.78 is 12.0. The van der Waals surface area contributed by atoms with Crippen molar-refractivity contribution >= 4 is 0 Å². The number of aromatic nitrogens is 1. The molecule has 1 aromatic rings. The number of aliphatic hydroxyl groups excluding tert-OH is 1. The Labute approximate surface area is 130 Å². The maximum Gasteiger partial charge on any atom is 0.223 e. The molecular weight excluding hydrogens is 288 g/mol. The van der Waals surface area contributed by atoms with E-state index in [0.29, 0.717) is 50.8 Å². The lowest BCUT2D eigenvalue weighted by Gasteiger charge is -2.25. The highest BCUT2D eigenvalue weighted by Gasteiger charge is 2.16. The van der Waals surface area contributed by atoms with E-state index in [1.54, 1.807) is 25.7 Å². The van der Waals surface area contributed by atoms with Gasteiger partial charge in [-0.3, -0.25) is 9.69 Å². The molecule has 0 aliphatic carbocycles. The third kappa shape index (κ3) is 5.10. The van der Waals surface area contributed by atoms with Crippen LogP contribution in [0.1, 0.15) is 11.4 Å². The molecule has 1 heterocycles. The van der Waals surface area contributed by atoms with Crippen LogP contribution in [0.4, 0.5) is 0 Å². The van der Waals surface area contributed by atoms with Crippen molar-refractivity contribution in [2.24, 2.45) is 0 Å². The van der Waals surface area contributed by atoms with E-state index in [1.165, 1.54) is 6.07 Å². The van der Waals surface area contributed by atoms with Gasteiger partial charge in [0, 0.05) is 52.2 Å². The average Bonchev–Trinajstić information content (AvgIpc) is 2.50. The van der Waals surface area contributed by atoms with Crippen molar-refractivity contribution in [1.29, 1.82) is 0 Å². The molecule has 1 rings (SSSR count). The summed E-state index contributed by atoms with van der Waals surface area (Å²) in [5.41, 5.74) is 0.816. The second kappa shape index (κ2) is 9.58. The minimum Gasteiger partial charge on any atom is -0.503 e. The monoisotopic (exact) mass is 314 g/mol. The maximum atomic E-state index is 11.8. The van der Waals surface area contributed by atoms with E-state index in [0.717, 1.165) is 0 Å². The summed E-state index contributed by atoms with van der Waals surface area (Å²) in [7, 11) is 3.25. The zero-order valence-electron chi connectivity index (χ0n) is 13.5. The fraction of sp³-hybridized carbons (Fsp3) is 0.667. The quantitative estimate of drug-likeness (QED) is 0.630. The van der Waals surface area contributed by atoms with E-state index in [-0.39, 0.29) is 12.4 Å². The fourth-order valence-electron chi connectivity index (χ4n) is 2.31. The first-order valence-electron chi connectivity index (χ1n) is 7.28. The van der Waals surface area contributed by atoms with Crippen molar-refractivity contribution in [2.75, 3.05) is 47.1 Å². The zero-order valence-corrected chi connectivity index (χ0v) is 13.5. The Bertz CT molecular complexity index is 507. The molecule has 0 aliphatic heterocycles. The number of hydrogen-bond acceptors (Lipinski definition) is 6. The Morgan fingerprint density at radius 3 is 2.32 bits per heavy atom. The third-order valence-corrected chi connectivity index (χ3v) is 3.52. The summed E-state index contributed by atoms with van der Waals surface area (Å²) in [5, 5.41) is 19.3. The molecule has 2 N–H and O–H groups in total. The van der Waals surface area contributed by atoms with Gasteiger partial charge < -0.3 is 24.3 Å². The molecule has 0 saturated carbocycles. The largest absolute Gasteiger partial charge is 0.503 e. The lowest BCUT2D eigenvalue weighted by molar-refractivity contribution is 0.107. The van der Waals surface area contributed by atoms with Gasteiger partial charge in [0.05, 0.1) is 25.5 Å². The SMILES string of the molecule is COCCN(CCOC)Cc1c(O)c(=O)cc(C)n1CCO. The van der Waals surface area contributed by atoms with Gasteiger partial charge in [0.15, 0.2) is 5.75 Å². The highest BCUT2D eigenvalue weighted by atomic mass is 16.5. The lowest BCUT2D eigenvalue weighted by atomic mass is 10.2. The molecule has 0 aliphatic rings. The number of aromatic hydroxyl groups is 1. The second-order valence-electron chi connectivity index (χ2n) is 5.08. The first-order chi connectivity index (χ1) is 10.5. The predicted molar refractivity (Wildman–Crippen MR) is 83.2 cm³/mol. The Kier molecular flexibility index (Phi) is 8.11. The van der Waals surface area contributed by atoms with Crippen LogP contribution in [-0.4, -0.2) is 66.8 Å². The molecule has 22 heavy (non-hydrogen) atoms. The van der Waals surface area contributed by atoms with Crippen molar-refractivity contribution in [2.45, 2.75) is 20.0 Å². The summed E-state index contributed by atoms with van der Waals surface area (Å²) in [6.07, 6.45) is 0. The molecule has 0 spiro atoms. The Morgan fingerprint density at radius 2 is 1.82 bits per heavy atom. The summed E-state index contributed by atoms with van der Waals surface area (Å²) >= 11 is 0. The zero-order chi connectivity index (χ0) is 16.5. The van der Waals surface area contributed by atoms with Gasteiger partial charge in [0.1, 0.15) is 0 Å². The number of nitrogens with zero attached hydrogens (tertiary/aromatic N) is 2. The molecule has 0 bridgehead atoms. The van der Waals surface area contributed by atoms with Crippen molar-refractivity contribution in [3.05, 3.63) is 27.7 Å². The van der Waals surface area contributed by atoms with E-state index in [9.17, 15) is 15.0 Å². The Morgan fingerprint density at radius 1 is 1.23 bits per heavy atom. The molecule has 0 unspecified atom stereocenters. The number of hydrogen-bond donors (Lipinski definition) is 2. The Balaban J connectivity index is 3.07. The topological polar surface area (TPSA) is 84.2 Å². The number of rotatable bonds is 10. The second-order valence-corrected chi connectivity index (χ2v) is 5.08. The first-order valence-corrected chi connectivity index (χ1v) is 7.28. The highest BCUT2D eigenvalue weighted by Crippen LogP contribution is 2.16. The van der Waals surface area contributed by atoms with Crippen LogP contribution in [0.5, 0.6) is 5.75 Å². The maximum absolute atomic E-state index is 11.8. The van der Waals surface area contributed by atoms with Gasteiger partial charge in [0.25, 0.3) is 0 Å². The summed E-state index contributed by atoms with van der Waals surface area (Å²) in [6, 6.07) is 1.38. The van der Waals surface area contributed by atoms with E-state index in [1.807, 2.05) is 4.90 Å². The lowest BCUT2D eigenvalue weighted by Crippen LogP contribution is -2.32. The van der Waals surface area contributed by atoms with E-state index < -0.39 is 5.43 Å². The third-order valence-electron chi connectivity index (χ3n) is 3.52. The predicted octanol–water partition coefficient (Wildman–Crippen LogP) is -0.0506. The van der Waals surface area contributed by atoms with Crippen LogP contribution >= 0.6 is 0 Å². The minimum atomic E-state index is -0.403. The van der Waals surface area contributed by atoms with Crippen LogP contribution in [0.2, 0.25) is 0 Å². The number of pyridine rings is 1. The number of methoxy groups -OCH3 is 2. The average molecular weight is 314 g/mol. The smallest absolute Gasteiger partial charge is 0.223 e. The van der Waals surface area contributed by atoms with Gasteiger partial charge >= 0.3 is 0 Å². The summed E-state index contributed by atoms with van der Waals surface area (Å²) in [5.74, 6) is -0.265. The molecule has 1 aromatic heterocycles. The number of ether oxygens (including phenoxy) is 2. The van der Waals surface area contributed by atoms with Crippen LogP contribution in [0.15, 0.2) is 10.9 Å². The van der Waals surface area contributed by atoms with E-state index in [4.69, 9.17) is 9.47 Å². The summed E-state index contributed by atoms with van der Waals surface area (Å²) in [4.78, 5) is 13.9. The van der Waals surface area contributed by atoms with E-state index >= 15 is 0 Å². The number of aliphatic hydroxyl groups is 1. The van der Waals surface area contributed by atoms with E-state index in [2.05, 4.69) is 0 Å². The molecular formula is C15H26N2O5. The number of aryl methyl sites for hydroxylation is 1. The fourth-order valence-corrected chi connectivity index (χ4v) is 2.31. The standard InChI is InChI=1S/C15H26N2O5/c1-12-10-14(19)15(20)13(17(12)4-7-18)11-16(5-8-21-2)6-9-22-3/h10,18,20H,4-9,11H2,1-3H3. The van der Waals surface area contributed by atoms with Crippen LogP contribution in [0.3, 0.4) is 0 Å². The molecule has 7 nitrogen and oxygen atoms in total. The van der Waals surface area contributed by atoms with Gasteiger partial charge in [0.2, 0.25) is 5.43 Å². The Hall–Kier alpha value is -1.41. The van der Waals surface area contributed by atoms with Crippen LogP contribution < -0.4 is 5.43 Å².